The molecule has 1 fully saturated rings. The summed E-state index contributed by atoms with van der Waals surface area (Å²) < 4.78 is 0. The Bertz CT molecular complexity index is 628. The van der Waals surface area contributed by atoms with Crippen LogP contribution in [0.2, 0.25) is 0 Å². The highest BCUT2D eigenvalue weighted by Gasteiger charge is 2.29. The monoisotopic (exact) mass is 238 g/mol. The molecule has 1 aromatic carbocycles. The topological polar surface area (TPSA) is 19.0 Å². The highest BCUT2D eigenvalue weighted by molar-refractivity contribution is 5.94. The molecule has 4 heterocycles. The normalized spacial score (nSPS) is 19.6. The third kappa shape index (κ3) is 1.35. The van der Waals surface area contributed by atoms with Crippen LogP contribution in [0.15, 0.2) is 30.5 Å². The minimum atomic E-state index is 0.771. The molecule has 0 amide bonds. The molecule has 3 aliphatic rings. The fraction of sp³-hybridized carbons (Fsp3) is 0.375. The molecule has 2 bridgehead atoms. The van der Waals surface area contributed by atoms with Crippen molar-refractivity contribution in [1.29, 1.82) is 0 Å². The molecule has 0 atom stereocenters. The van der Waals surface area contributed by atoms with Gasteiger partial charge in [-0.2, -0.15) is 0 Å². The van der Waals surface area contributed by atoms with Crippen molar-refractivity contribution < 1.29 is 0 Å². The molecule has 2 aromatic rings. The molecule has 1 saturated heterocycles. The van der Waals surface area contributed by atoms with Crippen LogP contribution in [-0.4, -0.2) is 23.0 Å². The summed E-state index contributed by atoms with van der Waals surface area (Å²) in [5, 5.41) is 1.38. The number of fused-ring (bicyclic) bond motifs is 3. The summed E-state index contributed by atoms with van der Waals surface area (Å²) in [7, 11) is 0. The van der Waals surface area contributed by atoms with Gasteiger partial charge in [-0.15, -0.1) is 0 Å². The van der Waals surface area contributed by atoms with Crippen LogP contribution in [0.4, 0.5) is 0 Å². The van der Waals surface area contributed by atoms with E-state index in [0.717, 1.165) is 5.92 Å². The Morgan fingerprint density at radius 2 is 1.94 bits per heavy atom. The quantitative estimate of drug-likeness (QED) is 0.805. The van der Waals surface area contributed by atoms with Gasteiger partial charge in [-0.3, -0.25) is 0 Å². The maximum absolute atomic E-state index is 3.52. The smallest absolute Gasteiger partial charge is 0.0462 e. The van der Waals surface area contributed by atoms with E-state index >= 15 is 0 Å². The number of aryl methyl sites for hydroxylation is 1. The van der Waals surface area contributed by atoms with Crippen LogP contribution in [0.1, 0.15) is 24.1 Å². The van der Waals surface area contributed by atoms with Gasteiger partial charge in [0.1, 0.15) is 0 Å². The Morgan fingerprint density at radius 1 is 1.17 bits per heavy atom. The number of aromatic nitrogens is 1. The number of piperidine rings is 1. The van der Waals surface area contributed by atoms with E-state index in [1.807, 2.05) is 0 Å². The Labute approximate surface area is 107 Å². The second-order valence-corrected chi connectivity index (χ2v) is 5.57. The number of nitrogens with one attached hydrogen (secondary N) is 1. The number of hydrogen-bond donors (Lipinski definition) is 1. The summed E-state index contributed by atoms with van der Waals surface area (Å²) in [6, 6.07) is 8.66. The zero-order chi connectivity index (χ0) is 12.1. The van der Waals surface area contributed by atoms with Gasteiger partial charge in [0.25, 0.3) is 0 Å². The van der Waals surface area contributed by atoms with Gasteiger partial charge >= 0.3 is 0 Å². The van der Waals surface area contributed by atoms with E-state index in [1.165, 1.54) is 48.1 Å². The lowest BCUT2D eigenvalue weighted by atomic mass is 9.81. The van der Waals surface area contributed by atoms with Crippen molar-refractivity contribution in [2.24, 2.45) is 5.92 Å². The van der Waals surface area contributed by atoms with Crippen LogP contribution in [0.3, 0.4) is 0 Å². The number of H-pyrrole nitrogens is 1. The van der Waals surface area contributed by atoms with E-state index in [0.29, 0.717) is 0 Å². The van der Waals surface area contributed by atoms with Gasteiger partial charge in [0.2, 0.25) is 0 Å². The summed E-state index contributed by atoms with van der Waals surface area (Å²) in [5.74, 6) is 0.771. The summed E-state index contributed by atoms with van der Waals surface area (Å²) in [6.45, 7) is 4.69. The van der Waals surface area contributed by atoms with E-state index in [1.54, 1.807) is 5.57 Å². The van der Waals surface area contributed by atoms with Gasteiger partial charge in [-0.1, -0.05) is 18.2 Å². The van der Waals surface area contributed by atoms with Gasteiger partial charge in [0.05, 0.1) is 0 Å². The second kappa shape index (κ2) is 3.64. The molecule has 0 aliphatic carbocycles. The van der Waals surface area contributed by atoms with Crippen LogP contribution in [0.25, 0.3) is 16.5 Å². The lowest BCUT2D eigenvalue weighted by molar-refractivity contribution is 0.252. The Balaban J connectivity index is 1.95. The van der Waals surface area contributed by atoms with Crippen LogP contribution in [0.5, 0.6) is 0 Å². The van der Waals surface area contributed by atoms with Crippen LogP contribution < -0.4 is 0 Å². The van der Waals surface area contributed by atoms with Gasteiger partial charge < -0.3 is 9.88 Å². The molecule has 0 unspecified atom stereocenters. The third-order valence-electron chi connectivity index (χ3n) is 4.47. The predicted molar refractivity (Wildman–Crippen MR) is 75.3 cm³/mol. The third-order valence-corrected chi connectivity index (χ3v) is 4.47. The van der Waals surface area contributed by atoms with Crippen molar-refractivity contribution in [3.05, 3.63) is 41.7 Å². The maximum atomic E-state index is 3.52. The van der Waals surface area contributed by atoms with Crippen LogP contribution in [-0.2, 0) is 0 Å². The summed E-state index contributed by atoms with van der Waals surface area (Å²) >= 11 is 0. The Kier molecular flexibility index (Phi) is 2.07. The van der Waals surface area contributed by atoms with E-state index in [4.69, 9.17) is 0 Å². The number of nitrogens with zero attached hydrogens (tertiary/aromatic N) is 1. The molecule has 92 valence electrons. The zero-order valence-electron chi connectivity index (χ0n) is 10.7. The molecule has 0 radical (unpaired) electrons. The number of hydrogen-bond acceptors (Lipinski definition) is 1. The van der Waals surface area contributed by atoms with Crippen molar-refractivity contribution >= 4 is 16.5 Å². The predicted octanol–water partition coefficient (Wildman–Crippen LogP) is 3.54. The number of allylic oxidation sites excluding steroid dienone is 1. The van der Waals surface area contributed by atoms with Crippen molar-refractivity contribution in [1.82, 2.24) is 9.88 Å². The first-order valence-corrected chi connectivity index (χ1v) is 6.86. The van der Waals surface area contributed by atoms with Gasteiger partial charge in [-0.25, -0.2) is 0 Å². The largest absolute Gasteiger partial charge is 0.377 e. The molecule has 0 spiro atoms. The number of benzene rings is 1. The van der Waals surface area contributed by atoms with E-state index in [-0.39, 0.29) is 0 Å². The van der Waals surface area contributed by atoms with Crippen molar-refractivity contribution in [3.8, 4) is 0 Å². The van der Waals surface area contributed by atoms with Crippen molar-refractivity contribution in [3.63, 3.8) is 0 Å². The standard InChI is InChI=1S/C16H18N2/c1-11-16(13-4-2-3-5-15(13)17-11)14-10-18-8-6-12(14)7-9-18/h2-5,10,12,17H,6-9H2,1H3. The summed E-state index contributed by atoms with van der Waals surface area (Å²) in [5.41, 5.74) is 5.60. The molecular formula is C16H18N2. The van der Waals surface area contributed by atoms with Gasteiger partial charge in [0, 0.05) is 41.4 Å². The van der Waals surface area contributed by atoms with Gasteiger partial charge in [0.15, 0.2) is 0 Å². The fourth-order valence-corrected chi connectivity index (χ4v) is 3.56. The highest BCUT2D eigenvalue weighted by atomic mass is 15.1. The molecule has 18 heavy (non-hydrogen) atoms. The lowest BCUT2D eigenvalue weighted by Crippen LogP contribution is -2.35. The second-order valence-electron chi connectivity index (χ2n) is 5.57. The van der Waals surface area contributed by atoms with E-state index < -0.39 is 0 Å². The fourth-order valence-electron chi connectivity index (χ4n) is 3.56. The molecular weight excluding hydrogens is 220 g/mol. The van der Waals surface area contributed by atoms with Crippen LogP contribution >= 0.6 is 0 Å². The molecule has 0 saturated carbocycles. The number of aromatic amines is 1. The molecule has 5 rings (SSSR count). The Hall–Kier alpha value is -1.70. The summed E-state index contributed by atoms with van der Waals surface area (Å²) in [6.07, 6.45) is 5.05. The first-order valence-electron chi connectivity index (χ1n) is 6.86. The average molecular weight is 238 g/mol. The van der Waals surface area contributed by atoms with Crippen molar-refractivity contribution in [2.45, 2.75) is 19.8 Å². The van der Waals surface area contributed by atoms with E-state index in [2.05, 4.69) is 47.3 Å². The lowest BCUT2D eigenvalue weighted by Gasteiger charge is -2.39. The minimum absolute atomic E-state index is 0.771. The van der Waals surface area contributed by atoms with Crippen LogP contribution in [0, 0.1) is 12.8 Å². The Morgan fingerprint density at radius 3 is 2.67 bits per heavy atom. The molecule has 2 heteroatoms. The molecule has 1 N–H and O–H groups in total. The first-order chi connectivity index (χ1) is 8.83. The van der Waals surface area contributed by atoms with Crippen molar-refractivity contribution in [2.75, 3.05) is 13.1 Å². The maximum Gasteiger partial charge on any atom is 0.0462 e. The first kappa shape index (κ1) is 10.2. The minimum Gasteiger partial charge on any atom is -0.377 e. The average Bonchev–Trinajstić information content (AvgIpc) is 2.75. The summed E-state index contributed by atoms with van der Waals surface area (Å²) in [4.78, 5) is 6.01. The van der Waals surface area contributed by atoms with E-state index in [9.17, 15) is 0 Å². The highest BCUT2D eigenvalue weighted by Crippen LogP contribution is 2.41. The number of para-hydroxylation sites is 1. The molecule has 1 aromatic heterocycles. The SMILES string of the molecule is Cc1[nH]c2ccccc2c1C1=CN2CCC1CC2. The molecule has 2 nitrogen and oxygen atoms in total. The number of rotatable bonds is 1. The molecule has 3 aliphatic heterocycles. The van der Waals surface area contributed by atoms with Gasteiger partial charge in [-0.05, 0) is 37.3 Å². The zero-order valence-corrected chi connectivity index (χ0v) is 10.7.